The molecule has 2 aromatic rings. The van der Waals surface area contributed by atoms with Crippen molar-refractivity contribution < 1.29 is 29.0 Å². The van der Waals surface area contributed by atoms with E-state index in [4.69, 9.17) is 9.47 Å². The standard InChI is InChI=1S/C23H24N2O6/c1-14(26)24-11-12-25-20(17-10-9-16(30-2)13-18(17)31-3)19(22(28)23(25)29)21(27)15-7-5-4-6-8-15/h4-10,13,20,27H,11-12H2,1-3H3,(H,24,26)/t20-/m1/s1. The van der Waals surface area contributed by atoms with Crippen LogP contribution in [0.25, 0.3) is 5.76 Å². The van der Waals surface area contributed by atoms with Gasteiger partial charge in [-0.25, -0.2) is 0 Å². The number of carbonyl (C=O) groups is 3. The summed E-state index contributed by atoms with van der Waals surface area (Å²) < 4.78 is 10.7. The normalized spacial score (nSPS) is 17.5. The van der Waals surface area contributed by atoms with Gasteiger partial charge in [-0.15, -0.1) is 0 Å². The minimum atomic E-state index is -0.894. The Hall–Kier alpha value is -3.81. The van der Waals surface area contributed by atoms with E-state index in [9.17, 15) is 19.5 Å². The number of rotatable bonds is 7. The molecule has 2 N–H and O–H groups in total. The van der Waals surface area contributed by atoms with Crippen LogP contribution >= 0.6 is 0 Å². The number of benzene rings is 2. The van der Waals surface area contributed by atoms with Crippen molar-refractivity contribution in [2.45, 2.75) is 13.0 Å². The second-order valence-electron chi connectivity index (χ2n) is 6.95. The average Bonchev–Trinajstić information content (AvgIpc) is 3.03. The third-order valence-corrected chi connectivity index (χ3v) is 5.05. The summed E-state index contributed by atoms with van der Waals surface area (Å²) in [7, 11) is 2.99. The molecular formula is C23H24N2O6. The number of ether oxygens (including phenoxy) is 2. The molecule has 0 unspecified atom stereocenters. The summed E-state index contributed by atoms with van der Waals surface area (Å²) in [5.41, 5.74) is 0.894. The number of nitrogens with one attached hydrogen (secondary N) is 1. The summed E-state index contributed by atoms with van der Waals surface area (Å²) >= 11 is 0. The highest BCUT2D eigenvalue weighted by molar-refractivity contribution is 6.46. The van der Waals surface area contributed by atoms with E-state index in [1.54, 1.807) is 48.5 Å². The van der Waals surface area contributed by atoms with Crippen molar-refractivity contribution in [1.82, 2.24) is 10.2 Å². The van der Waals surface area contributed by atoms with E-state index in [0.717, 1.165) is 0 Å². The van der Waals surface area contributed by atoms with Crippen LogP contribution in [0.2, 0.25) is 0 Å². The van der Waals surface area contributed by atoms with Gasteiger partial charge < -0.3 is 24.8 Å². The zero-order valence-electron chi connectivity index (χ0n) is 17.5. The number of hydrogen-bond acceptors (Lipinski definition) is 6. The van der Waals surface area contributed by atoms with Crippen molar-refractivity contribution in [3.8, 4) is 11.5 Å². The van der Waals surface area contributed by atoms with E-state index in [-0.39, 0.29) is 30.3 Å². The highest BCUT2D eigenvalue weighted by Gasteiger charge is 2.46. The number of aliphatic hydroxyl groups is 1. The highest BCUT2D eigenvalue weighted by atomic mass is 16.5. The molecule has 8 heteroatoms. The van der Waals surface area contributed by atoms with Crippen molar-refractivity contribution in [3.05, 3.63) is 65.2 Å². The van der Waals surface area contributed by atoms with Crippen LogP contribution in [-0.2, 0) is 14.4 Å². The fraction of sp³-hybridized carbons (Fsp3) is 0.261. The number of aliphatic hydroxyl groups excluding tert-OH is 1. The number of hydrogen-bond donors (Lipinski definition) is 2. The molecular weight excluding hydrogens is 400 g/mol. The molecule has 1 aliphatic rings. The number of carbonyl (C=O) groups excluding carboxylic acids is 3. The Morgan fingerprint density at radius 3 is 2.42 bits per heavy atom. The molecule has 1 saturated heterocycles. The van der Waals surface area contributed by atoms with Gasteiger partial charge >= 0.3 is 0 Å². The zero-order valence-corrected chi connectivity index (χ0v) is 17.5. The monoisotopic (exact) mass is 424 g/mol. The molecule has 2 amide bonds. The van der Waals surface area contributed by atoms with Crippen LogP contribution in [-0.4, -0.2) is 54.9 Å². The Balaban J connectivity index is 2.16. The molecule has 2 aromatic carbocycles. The lowest BCUT2D eigenvalue weighted by Crippen LogP contribution is -2.37. The lowest BCUT2D eigenvalue weighted by atomic mass is 9.94. The number of likely N-dealkylation sites (tertiary alicyclic amines) is 1. The first-order valence-corrected chi connectivity index (χ1v) is 9.69. The van der Waals surface area contributed by atoms with Gasteiger partial charge in [-0.3, -0.25) is 14.4 Å². The first-order chi connectivity index (χ1) is 14.9. The molecule has 162 valence electrons. The van der Waals surface area contributed by atoms with Crippen molar-refractivity contribution in [2.24, 2.45) is 0 Å². The molecule has 31 heavy (non-hydrogen) atoms. The number of nitrogens with zero attached hydrogens (tertiary/aromatic N) is 1. The largest absolute Gasteiger partial charge is 0.507 e. The van der Waals surface area contributed by atoms with Crippen LogP contribution in [0.15, 0.2) is 54.1 Å². The van der Waals surface area contributed by atoms with Crippen LogP contribution in [0.4, 0.5) is 0 Å². The first-order valence-electron chi connectivity index (χ1n) is 9.69. The Morgan fingerprint density at radius 1 is 1.10 bits per heavy atom. The fourth-order valence-electron chi connectivity index (χ4n) is 3.58. The van der Waals surface area contributed by atoms with Crippen molar-refractivity contribution in [2.75, 3.05) is 27.3 Å². The number of ketones is 1. The summed E-state index contributed by atoms with van der Waals surface area (Å²) in [6.45, 7) is 1.60. The molecule has 0 radical (unpaired) electrons. The molecule has 8 nitrogen and oxygen atoms in total. The maximum atomic E-state index is 13.0. The first kappa shape index (κ1) is 21.9. The van der Waals surface area contributed by atoms with E-state index in [2.05, 4.69) is 5.32 Å². The van der Waals surface area contributed by atoms with Gasteiger partial charge in [0.15, 0.2) is 0 Å². The minimum Gasteiger partial charge on any atom is -0.507 e. The van der Waals surface area contributed by atoms with Gasteiger partial charge in [0.1, 0.15) is 17.3 Å². The van der Waals surface area contributed by atoms with Gasteiger partial charge in [0.25, 0.3) is 11.7 Å². The van der Waals surface area contributed by atoms with Gasteiger partial charge in [0, 0.05) is 37.2 Å². The van der Waals surface area contributed by atoms with Gasteiger partial charge in [0.05, 0.1) is 25.8 Å². The Morgan fingerprint density at radius 2 is 1.81 bits per heavy atom. The predicted molar refractivity (Wildman–Crippen MR) is 114 cm³/mol. The maximum Gasteiger partial charge on any atom is 0.295 e. The fourth-order valence-corrected chi connectivity index (χ4v) is 3.58. The minimum absolute atomic E-state index is 0.0394. The molecule has 0 aromatic heterocycles. The molecule has 0 bridgehead atoms. The third-order valence-electron chi connectivity index (χ3n) is 5.05. The van der Waals surface area contributed by atoms with E-state index in [1.165, 1.54) is 26.0 Å². The van der Waals surface area contributed by atoms with Gasteiger partial charge in [0.2, 0.25) is 5.91 Å². The van der Waals surface area contributed by atoms with Crippen molar-refractivity contribution >= 4 is 23.4 Å². The van der Waals surface area contributed by atoms with E-state index < -0.39 is 17.7 Å². The van der Waals surface area contributed by atoms with Crippen LogP contribution < -0.4 is 14.8 Å². The van der Waals surface area contributed by atoms with Crippen LogP contribution in [0.3, 0.4) is 0 Å². The number of amides is 2. The van der Waals surface area contributed by atoms with Crippen LogP contribution in [0, 0.1) is 0 Å². The molecule has 1 atom stereocenters. The Kier molecular flexibility index (Phi) is 6.59. The maximum absolute atomic E-state index is 13.0. The summed E-state index contributed by atoms with van der Waals surface area (Å²) in [5.74, 6) is -1.14. The Labute approximate surface area is 180 Å². The molecule has 0 aliphatic carbocycles. The molecule has 0 saturated carbocycles. The lowest BCUT2D eigenvalue weighted by molar-refractivity contribution is -0.140. The summed E-state index contributed by atoms with van der Waals surface area (Å²) in [5, 5.41) is 13.6. The Bertz CT molecular complexity index is 1030. The van der Waals surface area contributed by atoms with Crippen molar-refractivity contribution in [3.63, 3.8) is 0 Å². The predicted octanol–water partition coefficient (Wildman–Crippen LogP) is 2.26. The lowest BCUT2D eigenvalue weighted by Gasteiger charge is -2.26. The van der Waals surface area contributed by atoms with Crippen LogP contribution in [0.1, 0.15) is 24.1 Å². The number of methoxy groups -OCH3 is 2. The van der Waals surface area contributed by atoms with E-state index in [0.29, 0.717) is 22.6 Å². The second kappa shape index (κ2) is 9.34. The summed E-state index contributed by atoms with van der Waals surface area (Å²) in [4.78, 5) is 38.5. The topological polar surface area (TPSA) is 105 Å². The smallest absolute Gasteiger partial charge is 0.295 e. The quantitative estimate of drug-likeness (QED) is 0.401. The molecule has 1 fully saturated rings. The summed E-state index contributed by atoms with van der Waals surface area (Å²) in [6, 6.07) is 12.7. The van der Waals surface area contributed by atoms with Gasteiger partial charge in [-0.1, -0.05) is 30.3 Å². The van der Waals surface area contributed by atoms with E-state index >= 15 is 0 Å². The molecule has 0 spiro atoms. The molecule has 3 rings (SSSR count). The van der Waals surface area contributed by atoms with Crippen LogP contribution in [0.5, 0.6) is 11.5 Å². The second-order valence-corrected chi connectivity index (χ2v) is 6.95. The zero-order chi connectivity index (χ0) is 22.5. The van der Waals surface area contributed by atoms with Gasteiger partial charge in [-0.05, 0) is 12.1 Å². The van der Waals surface area contributed by atoms with Crippen molar-refractivity contribution in [1.29, 1.82) is 0 Å². The highest BCUT2D eigenvalue weighted by Crippen LogP contribution is 2.43. The van der Waals surface area contributed by atoms with E-state index in [1.807, 2.05) is 0 Å². The third kappa shape index (κ3) is 4.37. The summed E-state index contributed by atoms with van der Waals surface area (Å²) in [6.07, 6.45) is 0. The SMILES string of the molecule is COc1ccc([C@@H]2C(=C(O)c3ccccc3)C(=O)C(=O)N2CCNC(C)=O)c(OC)c1. The van der Waals surface area contributed by atoms with Gasteiger partial charge in [-0.2, -0.15) is 0 Å². The average molecular weight is 424 g/mol. The number of Topliss-reactive ketones (excluding diaryl/α,β-unsaturated/α-hetero) is 1. The molecule has 1 heterocycles. The molecule has 1 aliphatic heterocycles.